The van der Waals surface area contributed by atoms with Crippen LogP contribution in [0, 0.1) is 0 Å². The van der Waals surface area contributed by atoms with Crippen LogP contribution < -0.4 is 9.64 Å². The number of hydrazone groups is 1. The van der Waals surface area contributed by atoms with Crippen LogP contribution in [0.4, 0.5) is 5.69 Å². The van der Waals surface area contributed by atoms with Crippen molar-refractivity contribution in [2.45, 2.75) is 26.3 Å². The second-order valence-electron chi connectivity index (χ2n) is 10.0. The molecule has 3 N–H and O–H groups in total. The molecule has 0 fully saturated rings. The second-order valence-corrected chi connectivity index (χ2v) is 10.0. The highest BCUT2D eigenvalue weighted by atomic mass is 16.5. The third-order valence-corrected chi connectivity index (χ3v) is 7.57. The number of carbonyl (C=O) groups is 1. The summed E-state index contributed by atoms with van der Waals surface area (Å²) in [6.45, 7) is 8.10. The number of rotatable bonds is 6. The van der Waals surface area contributed by atoms with Crippen molar-refractivity contribution in [3.05, 3.63) is 119 Å². The zero-order chi connectivity index (χ0) is 30.6. The molecule has 4 aromatic carbocycles. The summed E-state index contributed by atoms with van der Waals surface area (Å²) < 4.78 is 6.12. The fourth-order valence-electron chi connectivity index (χ4n) is 5.72. The number of aliphatic hydroxyl groups excluding tert-OH is 1. The van der Waals surface area contributed by atoms with Crippen LogP contribution in [0.15, 0.2) is 96.1 Å². The van der Waals surface area contributed by atoms with Gasteiger partial charge in [0.25, 0.3) is 5.91 Å². The second kappa shape index (κ2) is 12.4. The largest absolute Gasteiger partial charge is 0.508 e. The van der Waals surface area contributed by atoms with Gasteiger partial charge in [0.1, 0.15) is 28.5 Å². The van der Waals surface area contributed by atoms with E-state index in [1.54, 1.807) is 43.5 Å². The molecular formula is C35H35N3O5. The maximum absolute atomic E-state index is 13.9. The minimum atomic E-state index is -1.16. The third-order valence-electron chi connectivity index (χ3n) is 7.57. The first-order chi connectivity index (χ1) is 20.9. The average Bonchev–Trinajstić information content (AvgIpc) is 3.25. The number of benzene rings is 4. The summed E-state index contributed by atoms with van der Waals surface area (Å²) in [5, 5.41) is 34.2. The van der Waals surface area contributed by atoms with Crippen LogP contribution in [-0.2, 0) is 5.54 Å². The summed E-state index contributed by atoms with van der Waals surface area (Å²) in [7, 11) is 0. The standard InChI is InChI=1S/C33H29N3O4.C2H6O/c1-3-35(4-2)23-13-11-22(12-14-23)8-7-19-34-36-32(39)26-9-5-6-10-27(26)33(36)28-17-15-24(37)20-30(28)40-31-21-25(38)16-18-29(31)33;1-2-3/h5-21,37-38H,3-4H2,1-2H3;3H,2H2,1H3/b8-7+,34-19+;. The van der Waals surface area contributed by atoms with E-state index in [0.29, 0.717) is 28.2 Å². The van der Waals surface area contributed by atoms with E-state index in [1.807, 2.05) is 30.4 Å². The minimum absolute atomic E-state index is 0.0279. The Balaban J connectivity index is 0.00000118. The summed E-state index contributed by atoms with van der Waals surface area (Å²) in [6, 6.07) is 25.4. The number of nitrogens with zero attached hydrogens (tertiary/aromatic N) is 3. The average molecular weight is 578 g/mol. The van der Waals surface area contributed by atoms with Gasteiger partial charge in [-0.15, -0.1) is 0 Å². The number of carbonyl (C=O) groups excluding carboxylic acids is 1. The van der Waals surface area contributed by atoms with Gasteiger partial charge in [0, 0.05) is 66.0 Å². The van der Waals surface area contributed by atoms with E-state index in [2.05, 4.69) is 43.0 Å². The van der Waals surface area contributed by atoms with Crippen molar-refractivity contribution < 1.29 is 24.9 Å². The van der Waals surface area contributed by atoms with Crippen molar-refractivity contribution in [3.8, 4) is 23.0 Å². The quantitative estimate of drug-likeness (QED) is 0.226. The van der Waals surface area contributed by atoms with Crippen molar-refractivity contribution in [3.63, 3.8) is 0 Å². The summed E-state index contributed by atoms with van der Waals surface area (Å²) in [4.78, 5) is 16.2. The molecule has 8 heteroatoms. The van der Waals surface area contributed by atoms with Crippen LogP contribution in [0.3, 0.4) is 0 Å². The molecule has 4 aromatic rings. The van der Waals surface area contributed by atoms with Crippen LogP contribution >= 0.6 is 0 Å². The van der Waals surface area contributed by atoms with E-state index in [4.69, 9.17) is 14.9 Å². The predicted octanol–water partition coefficient (Wildman–Crippen LogP) is 6.50. The first-order valence-electron chi connectivity index (χ1n) is 14.3. The fraction of sp³-hybridized carbons (Fsp3) is 0.200. The van der Waals surface area contributed by atoms with Crippen molar-refractivity contribution in [2.75, 3.05) is 24.6 Å². The van der Waals surface area contributed by atoms with Gasteiger partial charge in [0.15, 0.2) is 0 Å². The molecule has 1 spiro atoms. The Morgan fingerprint density at radius 3 is 2.00 bits per heavy atom. The Morgan fingerprint density at radius 1 is 0.837 bits per heavy atom. The maximum Gasteiger partial charge on any atom is 0.275 e. The number of hydrogen-bond donors (Lipinski definition) is 3. The van der Waals surface area contributed by atoms with Crippen molar-refractivity contribution >= 4 is 23.9 Å². The third kappa shape index (κ3) is 5.21. The topological polar surface area (TPSA) is 106 Å². The summed E-state index contributed by atoms with van der Waals surface area (Å²) >= 11 is 0. The molecule has 0 radical (unpaired) electrons. The first kappa shape index (κ1) is 29.4. The lowest BCUT2D eigenvalue weighted by atomic mass is 9.75. The van der Waals surface area contributed by atoms with Gasteiger partial charge in [0.05, 0.1) is 0 Å². The molecule has 0 unspecified atom stereocenters. The predicted molar refractivity (Wildman–Crippen MR) is 169 cm³/mol. The SMILES string of the molecule is CCN(CC)c1ccc(/C=C/C=N/N2C(=O)c3ccccc3C23c2ccc(O)cc2Oc2cc(O)ccc23)cc1.CCO. The number of phenolic OH excluding ortho intramolecular Hbond substituents is 2. The van der Waals surface area contributed by atoms with Crippen molar-refractivity contribution in [1.82, 2.24) is 5.01 Å². The Labute approximate surface area is 251 Å². The molecule has 0 aromatic heterocycles. The van der Waals surface area contributed by atoms with Crippen LogP contribution in [0.5, 0.6) is 23.0 Å². The maximum atomic E-state index is 13.9. The van der Waals surface area contributed by atoms with Gasteiger partial charge in [-0.25, -0.2) is 5.01 Å². The fourth-order valence-corrected chi connectivity index (χ4v) is 5.72. The summed E-state index contributed by atoms with van der Waals surface area (Å²) in [6.07, 6.45) is 5.36. The lowest BCUT2D eigenvalue weighted by Gasteiger charge is -2.41. The molecule has 0 bridgehead atoms. The van der Waals surface area contributed by atoms with Crippen LogP contribution in [0.2, 0.25) is 0 Å². The highest BCUT2D eigenvalue weighted by Crippen LogP contribution is 2.58. The van der Waals surface area contributed by atoms with Gasteiger partial charge < -0.3 is 25.0 Å². The van der Waals surface area contributed by atoms with E-state index in [9.17, 15) is 15.0 Å². The molecule has 0 saturated carbocycles. The van der Waals surface area contributed by atoms with Gasteiger partial charge in [-0.2, -0.15) is 5.10 Å². The monoisotopic (exact) mass is 577 g/mol. The van der Waals surface area contributed by atoms with Gasteiger partial charge in [-0.3, -0.25) is 4.79 Å². The Morgan fingerprint density at radius 2 is 1.42 bits per heavy atom. The smallest absolute Gasteiger partial charge is 0.275 e. The number of anilines is 1. The number of aliphatic hydroxyl groups is 1. The Hall–Kier alpha value is -5.08. The van der Waals surface area contributed by atoms with Gasteiger partial charge in [-0.05, 0) is 74.9 Å². The van der Waals surface area contributed by atoms with Gasteiger partial charge in [0.2, 0.25) is 0 Å². The van der Waals surface area contributed by atoms with Crippen molar-refractivity contribution in [1.29, 1.82) is 0 Å². The highest BCUT2D eigenvalue weighted by Gasteiger charge is 2.57. The molecular weight excluding hydrogens is 542 g/mol. The Kier molecular flexibility index (Phi) is 8.50. The summed E-state index contributed by atoms with van der Waals surface area (Å²) in [5.41, 5.74) is 3.62. The molecule has 43 heavy (non-hydrogen) atoms. The van der Waals surface area contributed by atoms with E-state index in [0.717, 1.165) is 24.2 Å². The van der Waals surface area contributed by atoms with Gasteiger partial charge in [-0.1, -0.05) is 36.4 Å². The molecule has 2 aliphatic heterocycles. The number of fused-ring (bicyclic) bond motifs is 6. The minimum Gasteiger partial charge on any atom is -0.508 e. The lowest BCUT2D eigenvalue weighted by molar-refractivity contribution is 0.0675. The van der Waals surface area contributed by atoms with E-state index in [-0.39, 0.29) is 24.0 Å². The normalized spacial score (nSPS) is 14.2. The number of phenols is 2. The number of amides is 1. The number of ether oxygens (including phenoxy) is 1. The molecule has 2 aliphatic rings. The van der Waals surface area contributed by atoms with Crippen LogP contribution in [-0.4, -0.2) is 52.1 Å². The molecule has 220 valence electrons. The van der Waals surface area contributed by atoms with Gasteiger partial charge >= 0.3 is 0 Å². The highest BCUT2D eigenvalue weighted by molar-refractivity contribution is 6.02. The number of aromatic hydroxyl groups is 2. The summed E-state index contributed by atoms with van der Waals surface area (Å²) in [5.74, 6) is 0.558. The lowest BCUT2D eigenvalue weighted by Crippen LogP contribution is -2.44. The molecule has 8 nitrogen and oxygen atoms in total. The first-order valence-corrected chi connectivity index (χ1v) is 14.3. The molecule has 0 atom stereocenters. The van der Waals surface area contributed by atoms with Crippen molar-refractivity contribution in [2.24, 2.45) is 5.10 Å². The van der Waals surface area contributed by atoms with E-state index in [1.165, 1.54) is 22.8 Å². The number of hydrogen-bond acceptors (Lipinski definition) is 7. The van der Waals surface area contributed by atoms with E-state index < -0.39 is 5.54 Å². The van der Waals surface area contributed by atoms with E-state index >= 15 is 0 Å². The molecule has 6 rings (SSSR count). The van der Waals surface area contributed by atoms with Crippen LogP contribution in [0.25, 0.3) is 6.08 Å². The Bertz CT molecular complexity index is 1620. The molecule has 1 amide bonds. The zero-order valence-corrected chi connectivity index (χ0v) is 24.4. The van der Waals surface area contributed by atoms with Crippen LogP contribution in [0.1, 0.15) is 53.4 Å². The zero-order valence-electron chi connectivity index (χ0n) is 24.4. The number of allylic oxidation sites excluding steroid dienone is 1. The molecule has 2 heterocycles. The molecule has 0 aliphatic carbocycles. The molecule has 0 saturated heterocycles.